The second-order valence-corrected chi connectivity index (χ2v) is 8.34. The van der Waals surface area contributed by atoms with Crippen LogP contribution in [0.1, 0.15) is 22.8 Å². The van der Waals surface area contributed by atoms with Crippen molar-refractivity contribution >= 4 is 5.91 Å². The Kier molecular flexibility index (Phi) is 6.16. The van der Waals surface area contributed by atoms with Crippen molar-refractivity contribution in [3.63, 3.8) is 0 Å². The van der Waals surface area contributed by atoms with Crippen LogP contribution in [-0.2, 0) is 16.0 Å². The van der Waals surface area contributed by atoms with E-state index in [4.69, 9.17) is 9.47 Å². The first kappa shape index (κ1) is 21.9. The van der Waals surface area contributed by atoms with Crippen LogP contribution in [0.15, 0.2) is 42.9 Å². The Labute approximate surface area is 196 Å². The summed E-state index contributed by atoms with van der Waals surface area (Å²) in [5.41, 5.74) is 2.34. The Balaban J connectivity index is 1.17. The van der Waals surface area contributed by atoms with Crippen molar-refractivity contribution in [2.24, 2.45) is 0 Å². The van der Waals surface area contributed by atoms with Crippen molar-refractivity contribution in [3.8, 4) is 17.6 Å². The highest BCUT2D eigenvalue weighted by Crippen LogP contribution is 2.30. The number of fused-ring (bicyclic) bond motifs is 1. The number of tetrazole rings is 1. The normalized spacial score (nSPS) is 20.4. The Bertz CT molecular complexity index is 1190. The third kappa shape index (κ3) is 4.46. The number of nitriles is 1. The lowest BCUT2D eigenvalue weighted by atomic mass is 10.0. The predicted molar refractivity (Wildman–Crippen MR) is 119 cm³/mol. The zero-order chi connectivity index (χ0) is 23.5. The SMILES string of the molecule is COc1cc(C2CN3CCN(C(=O)Cc4ccc(-n5cnnn5)nc4)CC3CO2)ccc1C#N. The molecule has 0 spiro atoms. The monoisotopic (exact) mass is 460 g/mol. The summed E-state index contributed by atoms with van der Waals surface area (Å²) in [6.45, 7) is 3.39. The third-order valence-corrected chi connectivity index (χ3v) is 6.31. The average Bonchev–Trinajstić information content (AvgIpc) is 3.43. The number of nitrogens with zero attached hydrogens (tertiary/aromatic N) is 8. The standard InChI is InChI=1S/C23H24N8O3/c1-33-20-9-17(3-4-18(20)10-24)21-13-29-6-7-30(12-19(29)14-34-21)23(32)8-16-2-5-22(25-11-16)31-15-26-27-28-31/h2-5,9,11,15,19,21H,6-8,12-14H2,1H3. The molecule has 2 unspecified atom stereocenters. The van der Waals surface area contributed by atoms with Crippen LogP contribution in [0.5, 0.6) is 5.75 Å². The van der Waals surface area contributed by atoms with Gasteiger partial charge < -0.3 is 14.4 Å². The number of methoxy groups -OCH3 is 1. The van der Waals surface area contributed by atoms with Crippen LogP contribution in [0, 0.1) is 11.3 Å². The minimum absolute atomic E-state index is 0.0792. The van der Waals surface area contributed by atoms with Gasteiger partial charge in [0.25, 0.3) is 0 Å². The van der Waals surface area contributed by atoms with E-state index >= 15 is 0 Å². The molecule has 1 amide bonds. The number of amides is 1. The highest BCUT2D eigenvalue weighted by Gasteiger charge is 2.35. The highest BCUT2D eigenvalue weighted by atomic mass is 16.5. The topological polar surface area (TPSA) is 122 Å². The molecule has 2 aliphatic heterocycles. The zero-order valence-electron chi connectivity index (χ0n) is 18.7. The molecule has 0 saturated carbocycles. The molecular weight excluding hydrogens is 436 g/mol. The van der Waals surface area contributed by atoms with E-state index in [2.05, 4.69) is 31.5 Å². The van der Waals surface area contributed by atoms with Crippen molar-refractivity contribution in [3.05, 3.63) is 59.5 Å². The molecule has 2 aliphatic rings. The molecule has 174 valence electrons. The van der Waals surface area contributed by atoms with Crippen LogP contribution >= 0.6 is 0 Å². The number of morpholine rings is 1. The van der Waals surface area contributed by atoms with Crippen LogP contribution in [0.4, 0.5) is 0 Å². The molecule has 2 saturated heterocycles. The van der Waals surface area contributed by atoms with E-state index in [1.807, 2.05) is 23.1 Å². The molecule has 0 N–H and O–H groups in total. The highest BCUT2D eigenvalue weighted by molar-refractivity contribution is 5.79. The summed E-state index contributed by atoms with van der Waals surface area (Å²) in [5.74, 6) is 1.24. The smallest absolute Gasteiger partial charge is 0.227 e. The molecule has 1 aromatic carbocycles. The first-order valence-electron chi connectivity index (χ1n) is 11.0. The number of benzene rings is 1. The number of hydrogen-bond donors (Lipinski definition) is 0. The Hall–Kier alpha value is -3.88. The lowest BCUT2D eigenvalue weighted by Gasteiger charge is -2.46. The van der Waals surface area contributed by atoms with Gasteiger partial charge in [0.05, 0.1) is 37.8 Å². The van der Waals surface area contributed by atoms with Gasteiger partial charge in [-0.25, -0.2) is 4.98 Å². The fraction of sp³-hybridized carbons (Fsp3) is 0.391. The molecule has 2 aromatic heterocycles. The summed E-state index contributed by atoms with van der Waals surface area (Å²) in [6.07, 6.45) is 3.36. The minimum Gasteiger partial charge on any atom is -0.495 e. The van der Waals surface area contributed by atoms with E-state index in [1.165, 1.54) is 11.0 Å². The number of piperazine rings is 1. The van der Waals surface area contributed by atoms with E-state index in [0.29, 0.717) is 43.2 Å². The second-order valence-electron chi connectivity index (χ2n) is 8.34. The molecule has 2 fully saturated rings. The first-order valence-corrected chi connectivity index (χ1v) is 11.0. The number of ether oxygens (including phenoxy) is 2. The summed E-state index contributed by atoms with van der Waals surface area (Å²) >= 11 is 0. The number of rotatable bonds is 5. The van der Waals surface area contributed by atoms with Crippen molar-refractivity contribution < 1.29 is 14.3 Å². The van der Waals surface area contributed by atoms with Crippen molar-refractivity contribution in [2.45, 2.75) is 18.6 Å². The maximum Gasteiger partial charge on any atom is 0.227 e. The summed E-state index contributed by atoms with van der Waals surface area (Å²) in [4.78, 5) is 21.6. The van der Waals surface area contributed by atoms with E-state index in [-0.39, 0.29) is 18.1 Å². The second kappa shape index (κ2) is 9.54. The number of aromatic nitrogens is 5. The van der Waals surface area contributed by atoms with Crippen LogP contribution in [0.25, 0.3) is 5.82 Å². The molecule has 0 bridgehead atoms. The number of pyridine rings is 1. The molecule has 11 heteroatoms. The van der Waals surface area contributed by atoms with E-state index < -0.39 is 0 Å². The summed E-state index contributed by atoms with van der Waals surface area (Å²) in [6, 6.07) is 11.5. The van der Waals surface area contributed by atoms with Gasteiger partial charge in [-0.15, -0.1) is 5.10 Å². The van der Waals surface area contributed by atoms with Crippen molar-refractivity contribution in [1.29, 1.82) is 5.26 Å². The Morgan fingerprint density at radius 2 is 2.18 bits per heavy atom. The maximum atomic E-state index is 12.9. The largest absolute Gasteiger partial charge is 0.495 e. The molecule has 4 heterocycles. The molecule has 2 atom stereocenters. The van der Waals surface area contributed by atoms with Crippen LogP contribution in [0.2, 0.25) is 0 Å². The van der Waals surface area contributed by atoms with E-state index in [1.54, 1.807) is 25.4 Å². The third-order valence-electron chi connectivity index (χ3n) is 6.31. The van der Waals surface area contributed by atoms with Gasteiger partial charge in [0, 0.05) is 32.4 Å². The zero-order valence-corrected chi connectivity index (χ0v) is 18.7. The number of carbonyl (C=O) groups is 1. The first-order chi connectivity index (χ1) is 16.6. The van der Waals surface area contributed by atoms with Gasteiger partial charge in [-0.1, -0.05) is 12.1 Å². The van der Waals surface area contributed by atoms with E-state index in [9.17, 15) is 10.1 Å². The Morgan fingerprint density at radius 3 is 2.91 bits per heavy atom. The van der Waals surface area contributed by atoms with Gasteiger partial charge in [0.15, 0.2) is 5.82 Å². The molecule has 3 aromatic rings. The molecule has 11 nitrogen and oxygen atoms in total. The maximum absolute atomic E-state index is 12.9. The van der Waals surface area contributed by atoms with Crippen LogP contribution in [-0.4, -0.2) is 86.8 Å². The molecular formula is C23H24N8O3. The lowest BCUT2D eigenvalue weighted by molar-refractivity contribution is -0.139. The van der Waals surface area contributed by atoms with Gasteiger partial charge in [0.1, 0.15) is 18.1 Å². The summed E-state index contributed by atoms with van der Waals surface area (Å²) in [5, 5.41) is 20.2. The summed E-state index contributed by atoms with van der Waals surface area (Å²) in [7, 11) is 1.56. The van der Waals surface area contributed by atoms with Crippen LogP contribution < -0.4 is 4.74 Å². The van der Waals surface area contributed by atoms with Gasteiger partial charge in [-0.05, 0) is 39.8 Å². The van der Waals surface area contributed by atoms with Gasteiger partial charge in [-0.3, -0.25) is 9.69 Å². The lowest BCUT2D eigenvalue weighted by Crippen LogP contribution is -2.59. The molecule has 0 radical (unpaired) electrons. The van der Waals surface area contributed by atoms with E-state index in [0.717, 1.165) is 24.2 Å². The van der Waals surface area contributed by atoms with Crippen LogP contribution in [0.3, 0.4) is 0 Å². The summed E-state index contributed by atoms with van der Waals surface area (Å²) < 4.78 is 13.0. The Morgan fingerprint density at radius 1 is 1.26 bits per heavy atom. The number of carbonyl (C=O) groups excluding carboxylic acids is 1. The minimum atomic E-state index is -0.0927. The van der Waals surface area contributed by atoms with Gasteiger partial charge >= 0.3 is 0 Å². The van der Waals surface area contributed by atoms with Gasteiger partial charge in [0.2, 0.25) is 5.91 Å². The van der Waals surface area contributed by atoms with Crippen molar-refractivity contribution in [1.82, 2.24) is 35.0 Å². The average molecular weight is 460 g/mol. The fourth-order valence-corrected chi connectivity index (χ4v) is 4.42. The predicted octanol–water partition coefficient (Wildman–Crippen LogP) is 0.764. The fourth-order valence-electron chi connectivity index (χ4n) is 4.42. The molecule has 0 aliphatic carbocycles. The quantitative estimate of drug-likeness (QED) is 0.543. The van der Waals surface area contributed by atoms with Crippen molar-refractivity contribution in [2.75, 3.05) is 39.9 Å². The number of hydrogen-bond acceptors (Lipinski definition) is 9. The molecule has 5 rings (SSSR count). The van der Waals surface area contributed by atoms with Gasteiger partial charge in [-0.2, -0.15) is 9.94 Å². The molecule has 34 heavy (non-hydrogen) atoms.